The predicted molar refractivity (Wildman–Crippen MR) is 65.9 cm³/mol. The van der Waals surface area contributed by atoms with Gasteiger partial charge in [0, 0.05) is 12.6 Å². The van der Waals surface area contributed by atoms with Crippen LogP contribution in [-0.2, 0) is 0 Å². The smallest absolute Gasteiger partial charge is 0.160 e. The number of phenols is 1. The van der Waals surface area contributed by atoms with Crippen LogP contribution in [0.4, 0.5) is 0 Å². The lowest BCUT2D eigenvalue weighted by Gasteiger charge is -2.15. The summed E-state index contributed by atoms with van der Waals surface area (Å²) in [4.78, 5) is 0. The quantitative estimate of drug-likeness (QED) is 0.751. The predicted octanol–water partition coefficient (Wildman–Crippen LogP) is 2.63. The Labute approximate surface area is 96.8 Å². The Morgan fingerprint density at radius 2 is 2.25 bits per heavy atom. The number of rotatable bonds is 5. The van der Waals surface area contributed by atoms with Gasteiger partial charge in [-0.15, -0.1) is 0 Å². The molecule has 2 N–H and O–H groups in total. The summed E-state index contributed by atoms with van der Waals surface area (Å²) in [6, 6.07) is 5.57. The van der Waals surface area contributed by atoms with Crippen LogP contribution in [0.3, 0.4) is 0 Å². The molecule has 3 heteroatoms. The van der Waals surface area contributed by atoms with Gasteiger partial charge in [0.1, 0.15) is 0 Å². The van der Waals surface area contributed by atoms with Crippen molar-refractivity contribution in [1.82, 2.24) is 5.32 Å². The lowest BCUT2D eigenvalue weighted by Crippen LogP contribution is -2.20. The molecule has 0 saturated carbocycles. The van der Waals surface area contributed by atoms with Crippen molar-refractivity contribution in [3.05, 3.63) is 35.9 Å². The van der Waals surface area contributed by atoms with E-state index < -0.39 is 0 Å². The normalized spacial score (nSPS) is 12.2. The summed E-state index contributed by atoms with van der Waals surface area (Å²) in [5.41, 5.74) is 2.17. The maximum absolute atomic E-state index is 9.48. The third kappa shape index (κ3) is 3.28. The van der Waals surface area contributed by atoms with E-state index in [9.17, 15) is 5.11 Å². The second kappa shape index (κ2) is 5.56. The third-order valence-electron chi connectivity index (χ3n) is 2.41. The van der Waals surface area contributed by atoms with Crippen molar-refractivity contribution in [2.24, 2.45) is 0 Å². The van der Waals surface area contributed by atoms with Gasteiger partial charge in [0.15, 0.2) is 11.5 Å². The Morgan fingerprint density at radius 3 is 2.81 bits per heavy atom. The molecule has 3 nitrogen and oxygen atoms in total. The monoisotopic (exact) mass is 221 g/mol. The van der Waals surface area contributed by atoms with Crippen LogP contribution in [0.2, 0.25) is 0 Å². The Kier molecular flexibility index (Phi) is 4.38. The molecule has 0 fully saturated rings. The Bertz CT molecular complexity index is 374. The molecule has 88 valence electrons. The number of aromatic hydroxyl groups is 1. The summed E-state index contributed by atoms with van der Waals surface area (Å²) in [6.07, 6.45) is 0. The SMILES string of the molecule is C=C(C)CNC(C)c1ccc(O)c(OC)c1. The fourth-order valence-electron chi connectivity index (χ4n) is 1.41. The van der Waals surface area contributed by atoms with Crippen molar-refractivity contribution >= 4 is 0 Å². The minimum absolute atomic E-state index is 0.165. The van der Waals surface area contributed by atoms with Gasteiger partial charge in [0.05, 0.1) is 7.11 Å². The second-order valence-electron chi connectivity index (χ2n) is 3.99. The summed E-state index contributed by atoms with van der Waals surface area (Å²) in [7, 11) is 1.55. The van der Waals surface area contributed by atoms with Crippen molar-refractivity contribution in [2.45, 2.75) is 19.9 Å². The van der Waals surface area contributed by atoms with Crippen LogP contribution in [0.5, 0.6) is 11.5 Å². The minimum atomic E-state index is 0.165. The van der Waals surface area contributed by atoms with E-state index in [1.54, 1.807) is 13.2 Å². The van der Waals surface area contributed by atoms with E-state index in [-0.39, 0.29) is 11.8 Å². The molecule has 0 heterocycles. The number of methoxy groups -OCH3 is 1. The van der Waals surface area contributed by atoms with Crippen LogP contribution in [0.15, 0.2) is 30.4 Å². The molecule has 1 atom stereocenters. The Balaban J connectivity index is 2.75. The first kappa shape index (κ1) is 12.6. The van der Waals surface area contributed by atoms with Gasteiger partial charge in [-0.25, -0.2) is 0 Å². The average molecular weight is 221 g/mol. The van der Waals surface area contributed by atoms with E-state index in [4.69, 9.17) is 4.74 Å². The van der Waals surface area contributed by atoms with Crippen molar-refractivity contribution in [2.75, 3.05) is 13.7 Å². The zero-order valence-electron chi connectivity index (χ0n) is 10.1. The molecule has 0 spiro atoms. The minimum Gasteiger partial charge on any atom is -0.504 e. The van der Waals surface area contributed by atoms with E-state index in [0.29, 0.717) is 5.75 Å². The maximum atomic E-state index is 9.48. The van der Waals surface area contributed by atoms with Gasteiger partial charge in [-0.3, -0.25) is 0 Å². The number of phenolic OH excluding ortho intramolecular Hbond substituents is 1. The molecular formula is C13H19NO2. The topological polar surface area (TPSA) is 41.5 Å². The number of hydrogen-bond acceptors (Lipinski definition) is 3. The molecule has 0 bridgehead atoms. The second-order valence-corrected chi connectivity index (χ2v) is 3.99. The van der Waals surface area contributed by atoms with Crippen molar-refractivity contribution in [1.29, 1.82) is 0 Å². The maximum Gasteiger partial charge on any atom is 0.160 e. The molecule has 0 radical (unpaired) electrons. The summed E-state index contributed by atoms with van der Waals surface area (Å²) < 4.78 is 5.07. The number of nitrogens with one attached hydrogen (secondary N) is 1. The van der Waals surface area contributed by atoms with Crippen LogP contribution in [0.1, 0.15) is 25.5 Å². The fraction of sp³-hybridized carbons (Fsp3) is 0.385. The van der Waals surface area contributed by atoms with Crippen LogP contribution in [-0.4, -0.2) is 18.8 Å². The van der Waals surface area contributed by atoms with Gasteiger partial charge in [0.2, 0.25) is 0 Å². The van der Waals surface area contributed by atoms with Crippen LogP contribution in [0.25, 0.3) is 0 Å². The first-order valence-electron chi connectivity index (χ1n) is 5.29. The molecular weight excluding hydrogens is 202 g/mol. The summed E-state index contributed by atoms with van der Waals surface area (Å²) in [6.45, 7) is 8.67. The van der Waals surface area contributed by atoms with Gasteiger partial charge in [0.25, 0.3) is 0 Å². The highest BCUT2D eigenvalue weighted by atomic mass is 16.5. The molecule has 1 aromatic rings. The lowest BCUT2D eigenvalue weighted by molar-refractivity contribution is 0.372. The molecule has 0 aliphatic carbocycles. The molecule has 0 aliphatic rings. The Hall–Kier alpha value is -1.48. The van der Waals surface area contributed by atoms with Crippen molar-refractivity contribution < 1.29 is 9.84 Å². The lowest BCUT2D eigenvalue weighted by atomic mass is 10.1. The standard InChI is InChI=1S/C13H19NO2/c1-9(2)8-14-10(3)11-5-6-12(15)13(7-11)16-4/h5-7,10,14-15H,1,8H2,2-4H3. The van der Waals surface area contributed by atoms with Gasteiger partial charge in [-0.2, -0.15) is 0 Å². The van der Waals surface area contributed by atoms with Crippen LogP contribution in [0, 0.1) is 0 Å². The number of benzene rings is 1. The first-order valence-corrected chi connectivity index (χ1v) is 5.29. The Morgan fingerprint density at radius 1 is 1.56 bits per heavy atom. The zero-order chi connectivity index (χ0) is 12.1. The summed E-state index contributed by atoms with van der Waals surface area (Å²) >= 11 is 0. The van der Waals surface area contributed by atoms with Crippen LogP contribution < -0.4 is 10.1 Å². The molecule has 16 heavy (non-hydrogen) atoms. The highest BCUT2D eigenvalue weighted by molar-refractivity contribution is 5.42. The molecule has 0 aliphatic heterocycles. The molecule has 1 rings (SSSR count). The van der Waals surface area contributed by atoms with Gasteiger partial charge in [-0.1, -0.05) is 18.2 Å². The molecule has 1 aromatic carbocycles. The largest absolute Gasteiger partial charge is 0.504 e. The zero-order valence-corrected chi connectivity index (χ0v) is 10.1. The van der Waals surface area contributed by atoms with E-state index in [2.05, 4.69) is 18.8 Å². The third-order valence-corrected chi connectivity index (χ3v) is 2.41. The fourth-order valence-corrected chi connectivity index (χ4v) is 1.41. The number of hydrogen-bond donors (Lipinski definition) is 2. The van der Waals surface area contributed by atoms with Crippen molar-refractivity contribution in [3.63, 3.8) is 0 Å². The molecule has 0 aromatic heterocycles. The van der Waals surface area contributed by atoms with E-state index in [1.807, 2.05) is 19.1 Å². The molecule has 1 unspecified atom stereocenters. The van der Waals surface area contributed by atoms with Gasteiger partial charge in [-0.05, 0) is 31.5 Å². The summed E-state index contributed by atoms with van der Waals surface area (Å²) in [5.74, 6) is 0.667. The summed E-state index contributed by atoms with van der Waals surface area (Å²) in [5, 5.41) is 12.8. The number of ether oxygens (including phenoxy) is 1. The van der Waals surface area contributed by atoms with E-state index >= 15 is 0 Å². The van der Waals surface area contributed by atoms with E-state index in [1.165, 1.54) is 0 Å². The first-order chi connectivity index (χ1) is 7.54. The highest BCUT2D eigenvalue weighted by Gasteiger charge is 2.08. The molecule has 0 saturated heterocycles. The van der Waals surface area contributed by atoms with Crippen molar-refractivity contribution in [3.8, 4) is 11.5 Å². The highest BCUT2D eigenvalue weighted by Crippen LogP contribution is 2.28. The van der Waals surface area contributed by atoms with Crippen LogP contribution >= 0.6 is 0 Å². The average Bonchev–Trinajstić information content (AvgIpc) is 2.26. The molecule has 0 amide bonds. The van der Waals surface area contributed by atoms with E-state index in [0.717, 1.165) is 17.7 Å². The van der Waals surface area contributed by atoms with Gasteiger partial charge < -0.3 is 15.2 Å². The van der Waals surface area contributed by atoms with Gasteiger partial charge >= 0.3 is 0 Å².